The van der Waals surface area contributed by atoms with E-state index in [1.165, 1.54) is 0 Å². The number of nitrogens with zero attached hydrogens (tertiary/aromatic N) is 1. The largest absolute Gasteiger partial charge is 0.497 e. The molecule has 0 unspecified atom stereocenters. The van der Waals surface area contributed by atoms with Gasteiger partial charge in [0.2, 0.25) is 0 Å². The number of hydrogen-bond acceptors (Lipinski definition) is 3. The number of carbonyl (C=O) groups excluding carboxylic acids is 1. The van der Waals surface area contributed by atoms with Gasteiger partial charge in [-0.3, -0.25) is 4.98 Å². The number of nitrogens with one attached hydrogen (secondary N) is 2. The van der Waals surface area contributed by atoms with Crippen LogP contribution in [0.1, 0.15) is 5.69 Å². The molecule has 3 rings (SSSR count). The smallest absolute Gasteiger partial charge is 0.323 e. The van der Waals surface area contributed by atoms with Crippen molar-refractivity contribution >= 4 is 39.9 Å². The fraction of sp³-hybridized carbons (Fsp3) is 0.111. The fourth-order valence-electron chi connectivity index (χ4n) is 2.41. The number of ether oxygens (including phenoxy) is 1. The van der Waals surface area contributed by atoms with Crippen molar-refractivity contribution in [3.05, 3.63) is 59.2 Å². The second-order valence-corrected chi connectivity index (χ2v) is 5.66. The summed E-state index contributed by atoms with van der Waals surface area (Å²) < 4.78 is 5.14. The summed E-state index contributed by atoms with van der Waals surface area (Å²) in [5, 5.41) is 6.89. The molecule has 0 radical (unpaired) electrons. The predicted molar refractivity (Wildman–Crippen MR) is 97.1 cm³/mol. The van der Waals surface area contributed by atoms with Crippen LogP contribution in [0.4, 0.5) is 16.2 Å². The number of fused-ring (bicyclic) bond motifs is 1. The molecule has 1 heterocycles. The molecule has 2 aromatic carbocycles. The SMILES string of the molecule is COc1ccc(Cl)c(NC(=O)Nc2cc(C)nc3ccccc23)c1. The molecule has 0 bridgehead atoms. The Kier molecular flexibility index (Phi) is 4.53. The van der Waals surface area contributed by atoms with Gasteiger partial charge in [-0.05, 0) is 31.2 Å². The van der Waals surface area contributed by atoms with Crippen LogP contribution >= 0.6 is 11.6 Å². The molecule has 2 N–H and O–H groups in total. The number of amides is 2. The first kappa shape index (κ1) is 16.1. The summed E-state index contributed by atoms with van der Waals surface area (Å²) in [6.07, 6.45) is 0. The number of halogens is 1. The van der Waals surface area contributed by atoms with E-state index in [1.807, 2.05) is 37.3 Å². The summed E-state index contributed by atoms with van der Waals surface area (Å²) in [7, 11) is 1.55. The Balaban J connectivity index is 1.86. The highest BCUT2D eigenvalue weighted by Gasteiger charge is 2.10. The standard InChI is InChI=1S/C18H16ClN3O2/c1-11-9-16(13-5-3-4-6-15(13)20-11)21-18(23)22-17-10-12(24-2)7-8-14(17)19/h3-10H,1-2H3,(H2,20,21,22,23). The molecule has 122 valence electrons. The number of urea groups is 1. The predicted octanol–water partition coefficient (Wildman–Crippen LogP) is 4.85. The number of para-hydroxylation sites is 1. The van der Waals surface area contributed by atoms with Crippen LogP contribution < -0.4 is 15.4 Å². The Hall–Kier alpha value is -2.79. The maximum absolute atomic E-state index is 12.3. The van der Waals surface area contributed by atoms with Gasteiger partial charge < -0.3 is 15.4 Å². The zero-order valence-corrected chi connectivity index (χ0v) is 14.0. The first-order valence-electron chi connectivity index (χ1n) is 7.35. The quantitative estimate of drug-likeness (QED) is 0.715. The van der Waals surface area contributed by atoms with Crippen LogP contribution in [0.15, 0.2) is 48.5 Å². The molecule has 0 atom stereocenters. The highest BCUT2D eigenvalue weighted by molar-refractivity contribution is 6.33. The monoisotopic (exact) mass is 341 g/mol. The Morgan fingerprint density at radius 1 is 1.08 bits per heavy atom. The number of aryl methyl sites for hydroxylation is 1. The molecule has 0 aliphatic heterocycles. The molecule has 0 aliphatic carbocycles. The van der Waals surface area contributed by atoms with Gasteiger partial charge in [0.05, 0.1) is 29.0 Å². The van der Waals surface area contributed by atoms with Crippen molar-refractivity contribution in [1.82, 2.24) is 4.98 Å². The summed E-state index contributed by atoms with van der Waals surface area (Å²) in [6.45, 7) is 1.88. The number of rotatable bonds is 3. The van der Waals surface area contributed by atoms with E-state index in [4.69, 9.17) is 16.3 Å². The highest BCUT2D eigenvalue weighted by Crippen LogP contribution is 2.27. The number of hydrogen-bond donors (Lipinski definition) is 2. The van der Waals surface area contributed by atoms with E-state index in [2.05, 4.69) is 15.6 Å². The van der Waals surface area contributed by atoms with Crippen LogP contribution in [0.2, 0.25) is 5.02 Å². The van der Waals surface area contributed by atoms with Gasteiger partial charge in [0.1, 0.15) is 5.75 Å². The lowest BCUT2D eigenvalue weighted by Gasteiger charge is -2.12. The van der Waals surface area contributed by atoms with E-state index in [0.29, 0.717) is 22.1 Å². The normalized spacial score (nSPS) is 10.5. The van der Waals surface area contributed by atoms with Crippen LogP contribution in [0.3, 0.4) is 0 Å². The van der Waals surface area contributed by atoms with Gasteiger partial charge in [-0.2, -0.15) is 0 Å². The molecule has 0 fully saturated rings. The molecule has 0 aliphatic rings. The Labute approximate surface area is 144 Å². The van der Waals surface area contributed by atoms with Crippen LogP contribution in [0.5, 0.6) is 5.75 Å². The van der Waals surface area contributed by atoms with Crippen molar-refractivity contribution in [3.8, 4) is 5.75 Å². The van der Waals surface area contributed by atoms with Gasteiger partial charge in [-0.15, -0.1) is 0 Å². The number of anilines is 2. The summed E-state index contributed by atoms with van der Waals surface area (Å²) >= 11 is 6.11. The van der Waals surface area contributed by atoms with Gasteiger partial charge in [-0.1, -0.05) is 29.8 Å². The molecular formula is C18H16ClN3O2. The second-order valence-electron chi connectivity index (χ2n) is 5.25. The molecule has 0 saturated heterocycles. The molecule has 0 spiro atoms. The van der Waals surface area contributed by atoms with Crippen molar-refractivity contribution in [2.24, 2.45) is 0 Å². The van der Waals surface area contributed by atoms with E-state index in [1.54, 1.807) is 25.3 Å². The molecule has 0 saturated carbocycles. The molecule has 2 amide bonds. The van der Waals surface area contributed by atoms with Gasteiger partial charge in [0.25, 0.3) is 0 Å². The third-order valence-corrected chi connectivity index (χ3v) is 3.84. The first-order chi connectivity index (χ1) is 11.6. The van der Waals surface area contributed by atoms with Crippen LogP contribution in [-0.4, -0.2) is 18.1 Å². The van der Waals surface area contributed by atoms with Gasteiger partial charge in [0, 0.05) is 17.1 Å². The van der Waals surface area contributed by atoms with Crippen molar-refractivity contribution in [2.75, 3.05) is 17.7 Å². The van der Waals surface area contributed by atoms with Crippen molar-refractivity contribution < 1.29 is 9.53 Å². The molecule has 5 nitrogen and oxygen atoms in total. The molecular weight excluding hydrogens is 326 g/mol. The van der Waals surface area contributed by atoms with Gasteiger partial charge in [-0.25, -0.2) is 4.79 Å². The molecule has 1 aromatic heterocycles. The van der Waals surface area contributed by atoms with Crippen molar-refractivity contribution in [1.29, 1.82) is 0 Å². The summed E-state index contributed by atoms with van der Waals surface area (Å²) in [5.41, 5.74) is 2.81. The lowest BCUT2D eigenvalue weighted by molar-refractivity contribution is 0.262. The molecule has 6 heteroatoms. The number of pyridine rings is 1. The van der Waals surface area contributed by atoms with E-state index in [9.17, 15) is 4.79 Å². The fourth-order valence-corrected chi connectivity index (χ4v) is 2.58. The van der Waals surface area contributed by atoms with E-state index < -0.39 is 0 Å². The minimum Gasteiger partial charge on any atom is -0.497 e. The summed E-state index contributed by atoms with van der Waals surface area (Å²) in [4.78, 5) is 16.8. The van der Waals surface area contributed by atoms with E-state index >= 15 is 0 Å². The van der Waals surface area contributed by atoms with Crippen LogP contribution in [-0.2, 0) is 0 Å². The zero-order chi connectivity index (χ0) is 17.1. The van der Waals surface area contributed by atoms with Crippen LogP contribution in [0.25, 0.3) is 10.9 Å². The van der Waals surface area contributed by atoms with Gasteiger partial charge >= 0.3 is 6.03 Å². The highest BCUT2D eigenvalue weighted by atomic mass is 35.5. The maximum atomic E-state index is 12.3. The van der Waals surface area contributed by atoms with Crippen molar-refractivity contribution in [2.45, 2.75) is 6.92 Å². The van der Waals surface area contributed by atoms with E-state index in [0.717, 1.165) is 16.6 Å². The second kappa shape index (κ2) is 6.76. The Bertz CT molecular complexity index is 912. The lowest BCUT2D eigenvalue weighted by Crippen LogP contribution is -2.20. The average Bonchev–Trinajstić information content (AvgIpc) is 2.56. The molecule has 3 aromatic rings. The van der Waals surface area contributed by atoms with E-state index in [-0.39, 0.29) is 6.03 Å². The summed E-state index contributed by atoms with van der Waals surface area (Å²) in [6, 6.07) is 14.1. The Morgan fingerprint density at radius 2 is 1.83 bits per heavy atom. The van der Waals surface area contributed by atoms with Crippen molar-refractivity contribution in [3.63, 3.8) is 0 Å². The lowest BCUT2D eigenvalue weighted by atomic mass is 10.1. The third-order valence-electron chi connectivity index (χ3n) is 3.51. The number of carbonyl (C=O) groups is 1. The van der Waals surface area contributed by atoms with Crippen LogP contribution in [0, 0.1) is 6.92 Å². The number of aromatic nitrogens is 1. The number of benzene rings is 2. The van der Waals surface area contributed by atoms with Gasteiger partial charge in [0.15, 0.2) is 0 Å². The third kappa shape index (κ3) is 3.41. The Morgan fingerprint density at radius 3 is 2.62 bits per heavy atom. The summed E-state index contributed by atoms with van der Waals surface area (Å²) in [5.74, 6) is 0.611. The topological polar surface area (TPSA) is 63.2 Å². The minimum atomic E-state index is -0.388. The average molecular weight is 342 g/mol. The zero-order valence-electron chi connectivity index (χ0n) is 13.3. The number of methoxy groups -OCH3 is 1. The first-order valence-corrected chi connectivity index (χ1v) is 7.72. The maximum Gasteiger partial charge on any atom is 0.323 e. The minimum absolute atomic E-state index is 0.388. The molecule has 24 heavy (non-hydrogen) atoms.